The minimum Gasteiger partial charge on any atom is -0.305 e. The molecule has 0 unspecified atom stereocenters. The quantitative estimate of drug-likeness (QED) is 0.752. The van der Waals surface area contributed by atoms with Gasteiger partial charge in [-0.15, -0.1) is 0 Å². The van der Waals surface area contributed by atoms with Crippen LogP contribution < -0.4 is 0 Å². The average molecular weight is 200 g/mol. The first-order valence-electron chi connectivity index (χ1n) is 4.91. The second kappa shape index (κ2) is 4.28. The Hall–Kier alpha value is -1.61. The first-order valence-corrected chi connectivity index (χ1v) is 4.91. The lowest BCUT2D eigenvalue weighted by molar-refractivity contribution is 0.402. The number of hydrogen-bond acceptors (Lipinski definition) is 2. The Bertz CT molecular complexity index is 418. The van der Waals surface area contributed by atoms with E-state index in [1.54, 1.807) is 6.20 Å². The van der Waals surface area contributed by atoms with Crippen molar-refractivity contribution in [3.05, 3.63) is 48.5 Å². The molecule has 0 atom stereocenters. The predicted molar refractivity (Wildman–Crippen MR) is 59.8 cm³/mol. The van der Waals surface area contributed by atoms with Gasteiger partial charge in [-0.05, 0) is 31.8 Å². The van der Waals surface area contributed by atoms with E-state index in [4.69, 9.17) is 0 Å². The average Bonchev–Trinajstić information content (AvgIpc) is 2.69. The van der Waals surface area contributed by atoms with Gasteiger partial charge in [0.1, 0.15) is 0 Å². The topological polar surface area (TPSA) is 21.1 Å². The van der Waals surface area contributed by atoms with Crippen LogP contribution in [0.25, 0.3) is 5.69 Å². The molecule has 0 fully saturated rings. The highest BCUT2D eigenvalue weighted by molar-refractivity contribution is 5.35. The predicted octanol–water partition coefficient (Wildman–Crippen LogP) is 1.73. The van der Waals surface area contributed by atoms with Gasteiger partial charge in [-0.2, -0.15) is 0 Å². The number of aromatic nitrogens is 2. The van der Waals surface area contributed by atoms with Crippen molar-refractivity contribution in [1.29, 1.82) is 0 Å². The molecule has 1 aromatic carbocycles. The van der Waals surface area contributed by atoms with Crippen LogP contribution in [0.2, 0.25) is 0 Å². The van der Waals surface area contributed by atoms with E-state index in [1.807, 2.05) is 10.8 Å². The van der Waals surface area contributed by atoms with Gasteiger partial charge in [-0.1, -0.05) is 12.1 Å². The summed E-state index contributed by atoms with van der Waals surface area (Å²) in [6.45, 7) is 0.947. The van der Waals surface area contributed by atoms with E-state index in [1.165, 1.54) is 5.56 Å². The molecule has 0 N–H and O–H groups in total. The maximum Gasteiger partial charge on any atom is 0.181 e. The lowest BCUT2D eigenvalue weighted by Gasteiger charge is -2.10. The van der Waals surface area contributed by atoms with Crippen LogP contribution >= 0.6 is 0 Å². The molecule has 77 valence electrons. The van der Waals surface area contributed by atoms with Crippen LogP contribution in [0.1, 0.15) is 5.56 Å². The zero-order valence-corrected chi connectivity index (χ0v) is 9.01. The first kappa shape index (κ1) is 9.93. The van der Waals surface area contributed by atoms with Gasteiger partial charge >= 0.3 is 0 Å². The molecule has 0 aliphatic heterocycles. The summed E-state index contributed by atoms with van der Waals surface area (Å²) in [5.41, 5.74) is 2.39. The molecule has 0 bridgehead atoms. The highest BCUT2D eigenvalue weighted by Gasteiger charge is 1.99. The van der Waals surface area contributed by atoms with E-state index in [-0.39, 0.29) is 0 Å². The van der Waals surface area contributed by atoms with Crippen LogP contribution in [0.15, 0.2) is 36.7 Å². The van der Waals surface area contributed by atoms with Gasteiger partial charge in [0, 0.05) is 24.6 Å². The van der Waals surface area contributed by atoms with E-state index in [9.17, 15) is 0 Å². The molecule has 2 aromatic rings. The monoisotopic (exact) mass is 200 g/mol. The van der Waals surface area contributed by atoms with Gasteiger partial charge in [0.15, 0.2) is 6.33 Å². The second-order valence-corrected chi connectivity index (χ2v) is 3.80. The largest absolute Gasteiger partial charge is 0.305 e. The smallest absolute Gasteiger partial charge is 0.181 e. The lowest BCUT2D eigenvalue weighted by Crippen LogP contribution is -2.10. The summed E-state index contributed by atoms with van der Waals surface area (Å²) in [7, 11) is 4.13. The van der Waals surface area contributed by atoms with Crippen LogP contribution in [0.3, 0.4) is 0 Å². The summed E-state index contributed by atoms with van der Waals surface area (Å²) in [6.07, 6.45) is 6.52. The Morgan fingerprint density at radius 3 is 2.93 bits per heavy atom. The number of hydrogen-bond donors (Lipinski definition) is 0. The van der Waals surface area contributed by atoms with Crippen molar-refractivity contribution in [3.63, 3.8) is 0 Å². The van der Waals surface area contributed by atoms with Crippen molar-refractivity contribution in [2.45, 2.75) is 6.54 Å². The molecule has 3 heteroatoms. The van der Waals surface area contributed by atoms with Gasteiger partial charge in [-0.3, -0.25) is 4.57 Å². The van der Waals surface area contributed by atoms with Crippen LogP contribution in [-0.4, -0.2) is 28.5 Å². The first-order chi connectivity index (χ1) is 7.25. The van der Waals surface area contributed by atoms with E-state index >= 15 is 0 Å². The van der Waals surface area contributed by atoms with Crippen molar-refractivity contribution in [3.8, 4) is 5.69 Å². The maximum absolute atomic E-state index is 3.92. The number of benzene rings is 1. The number of nitrogens with zero attached hydrogens (tertiary/aromatic N) is 3. The molecule has 2 rings (SSSR count). The van der Waals surface area contributed by atoms with Gasteiger partial charge < -0.3 is 4.90 Å². The van der Waals surface area contributed by atoms with Gasteiger partial charge in [0.25, 0.3) is 0 Å². The highest BCUT2D eigenvalue weighted by Crippen LogP contribution is 2.10. The minimum absolute atomic E-state index is 0.947. The molecular weight excluding hydrogens is 186 g/mol. The zero-order chi connectivity index (χ0) is 10.7. The molecular formula is C12H14N3. The summed E-state index contributed by atoms with van der Waals surface area (Å²) in [5.74, 6) is 0. The fourth-order valence-corrected chi connectivity index (χ4v) is 1.54. The molecule has 1 heterocycles. The SMILES string of the molecule is CN(C)Cc1cccc(-n2[c]ncc2)c1. The van der Waals surface area contributed by atoms with E-state index in [0.29, 0.717) is 0 Å². The third-order valence-corrected chi connectivity index (χ3v) is 2.14. The fraction of sp³-hybridized carbons (Fsp3) is 0.250. The Labute approximate surface area is 90.0 Å². The zero-order valence-electron chi connectivity index (χ0n) is 9.01. The van der Waals surface area contributed by atoms with E-state index < -0.39 is 0 Å². The third-order valence-electron chi connectivity index (χ3n) is 2.14. The van der Waals surface area contributed by atoms with Crippen molar-refractivity contribution >= 4 is 0 Å². The van der Waals surface area contributed by atoms with Crippen LogP contribution in [0.5, 0.6) is 0 Å². The normalized spacial score (nSPS) is 10.9. The fourth-order valence-electron chi connectivity index (χ4n) is 1.54. The van der Waals surface area contributed by atoms with Crippen LogP contribution in [0.4, 0.5) is 0 Å². The van der Waals surface area contributed by atoms with Crippen molar-refractivity contribution in [2.75, 3.05) is 14.1 Å². The lowest BCUT2D eigenvalue weighted by atomic mass is 10.2. The molecule has 0 aliphatic carbocycles. The highest BCUT2D eigenvalue weighted by atomic mass is 15.1. The minimum atomic E-state index is 0.947. The van der Waals surface area contributed by atoms with Crippen molar-refractivity contribution in [1.82, 2.24) is 14.5 Å². The Balaban J connectivity index is 2.27. The van der Waals surface area contributed by atoms with E-state index in [2.05, 4.69) is 54.6 Å². The maximum atomic E-state index is 3.92. The van der Waals surface area contributed by atoms with Crippen LogP contribution in [0, 0.1) is 6.33 Å². The number of rotatable bonds is 3. The van der Waals surface area contributed by atoms with Crippen LogP contribution in [-0.2, 0) is 6.54 Å². The molecule has 0 saturated heterocycles. The van der Waals surface area contributed by atoms with Gasteiger partial charge in [0.2, 0.25) is 0 Å². The molecule has 0 amide bonds. The van der Waals surface area contributed by atoms with Gasteiger partial charge in [-0.25, -0.2) is 4.98 Å². The standard InChI is InChI=1S/C12H14N3/c1-14(2)9-11-4-3-5-12(8-11)15-7-6-13-10-15/h3-8H,9H2,1-2H3. The third kappa shape index (κ3) is 2.44. The molecule has 0 spiro atoms. The molecule has 1 aromatic heterocycles. The molecule has 3 nitrogen and oxygen atoms in total. The van der Waals surface area contributed by atoms with E-state index in [0.717, 1.165) is 12.2 Å². The summed E-state index contributed by atoms with van der Waals surface area (Å²) in [5, 5.41) is 0. The van der Waals surface area contributed by atoms with Gasteiger partial charge in [0.05, 0.1) is 0 Å². The molecule has 0 aliphatic rings. The summed E-state index contributed by atoms with van der Waals surface area (Å²) in [4.78, 5) is 6.07. The second-order valence-electron chi connectivity index (χ2n) is 3.80. The van der Waals surface area contributed by atoms with Crippen molar-refractivity contribution < 1.29 is 0 Å². The summed E-state index contributed by atoms with van der Waals surface area (Å²) >= 11 is 0. The molecule has 15 heavy (non-hydrogen) atoms. The summed E-state index contributed by atoms with van der Waals surface area (Å²) < 4.78 is 1.89. The summed E-state index contributed by atoms with van der Waals surface area (Å²) in [6, 6.07) is 8.39. The molecule has 0 saturated carbocycles. The number of imidazole rings is 1. The Morgan fingerprint density at radius 2 is 2.27 bits per heavy atom. The Morgan fingerprint density at radius 1 is 1.40 bits per heavy atom. The van der Waals surface area contributed by atoms with Crippen molar-refractivity contribution in [2.24, 2.45) is 0 Å². The Kier molecular flexibility index (Phi) is 2.83. The molecule has 1 radical (unpaired) electrons.